The minimum absolute atomic E-state index is 0.203. The first-order chi connectivity index (χ1) is 5.27. The van der Waals surface area contributed by atoms with Crippen molar-refractivity contribution in [2.75, 3.05) is 0 Å². The predicted molar refractivity (Wildman–Crippen MR) is 46.0 cm³/mol. The Hall–Kier alpha value is -0.960. The molecular weight excluding hydrogens is 158 g/mol. The molecule has 2 heterocycles. The molecule has 0 amide bonds. The molecule has 0 saturated carbocycles. The van der Waals surface area contributed by atoms with Gasteiger partial charge in [0.1, 0.15) is 5.00 Å². The van der Waals surface area contributed by atoms with Crippen molar-refractivity contribution in [3.05, 3.63) is 17.0 Å². The van der Waals surface area contributed by atoms with Crippen LogP contribution in [0.1, 0.15) is 23.7 Å². The van der Waals surface area contributed by atoms with E-state index in [0.29, 0.717) is 6.42 Å². The summed E-state index contributed by atoms with van der Waals surface area (Å²) in [6.45, 7) is 1.89. The van der Waals surface area contributed by atoms with Crippen LogP contribution in [0.5, 0.6) is 0 Å². The maximum atomic E-state index is 11.3. The van der Waals surface area contributed by atoms with Crippen molar-refractivity contribution >= 4 is 27.8 Å². The number of ketones is 1. The molecule has 1 aliphatic rings. The SMILES string of the molecule is CC1=Nc2sccc2C(=O)C1. The number of aliphatic imine (C=N–C) groups is 1. The molecule has 2 rings (SSSR count). The van der Waals surface area contributed by atoms with Crippen molar-refractivity contribution < 1.29 is 4.79 Å². The molecule has 0 aliphatic carbocycles. The molecule has 11 heavy (non-hydrogen) atoms. The molecule has 1 aromatic rings. The summed E-state index contributed by atoms with van der Waals surface area (Å²) in [5.74, 6) is 0.203. The van der Waals surface area contributed by atoms with Crippen LogP contribution in [0.25, 0.3) is 0 Å². The molecule has 56 valence electrons. The molecule has 0 bridgehead atoms. The lowest BCUT2D eigenvalue weighted by Gasteiger charge is -2.05. The summed E-state index contributed by atoms with van der Waals surface area (Å²) in [7, 11) is 0. The number of Topliss-reactive ketones (excluding diaryl/α,β-unsaturated/α-hetero) is 1. The Morgan fingerprint density at radius 1 is 1.64 bits per heavy atom. The van der Waals surface area contributed by atoms with E-state index >= 15 is 0 Å². The van der Waals surface area contributed by atoms with E-state index in [9.17, 15) is 4.79 Å². The molecule has 0 unspecified atom stereocenters. The zero-order valence-electron chi connectivity index (χ0n) is 6.13. The Labute approximate surface area is 68.6 Å². The van der Waals surface area contributed by atoms with Crippen LogP contribution in [0.2, 0.25) is 0 Å². The highest BCUT2D eigenvalue weighted by Crippen LogP contribution is 2.31. The van der Waals surface area contributed by atoms with Gasteiger partial charge in [-0.05, 0) is 18.4 Å². The topological polar surface area (TPSA) is 29.4 Å². The van der Waals surface area contributed by atoms with Crippen LogP contribution >= 0.6 is 11.3 Å². The number of carbonyl (C=O) groups is 1. The smallest absolute Gasteiger partial charge is 0.171 e. The van der Waals surface area contributed by atoms with Gasteiger partial charge in [0.15, 0.2) is 5.78 Å². The number of fused-ring (bicyclic) bond motifs is 1. The third-order valence-corrected chi connectivity index (χ3v) is 2.46. The van der Waals surface area contributed by atoms with Crippen molar-refractivity contribution in [1.82, 2.24) is 0 Å². The van der Waals surface area contributed by atoms with Crippen LogP contribution in [0.3, 0.4) is 0 Å². The van der Waals surface area contributed by atoms with Gasteiger partial charge in [-0.15, -0.1) is 11.3 Å². The number of nitrogens with zero attached hydrogens (tertiary/aromatic N) is 1. The maximum absolute atomic E-state index is 11.3. The summed E-state index contributed by atoms with van der Waals surface area (Å²) in [6.07, 6.45) is 0.490. The van der Waals surface area contributed by atoms with Gasteiger partial charge < -0.3 is 0 Å². The van der Waals surface area contributed by atoms with Gasteiger partial charge in [0.05, 0.1) is 5.56 Å². The highest BCUT2D eigenvalue weighted by Gasteiger charge is 2.17. The van der Waals surface area contributed by atoms with Crippen molar-refractivity contribution in [3.8, 4) is 0 Å². The van der Waals surface area contributed by atoms with Crippen LogP contribution in [-0.2, 0) is 0 Å². The second-order valence-corrected chi connectivity index (χ2v) is 3.48. The van der Waals surface area contributed by atoms with E-state index in [1.807, 2.05) is 18.4 Å². The number of hydrogen-bond acceptors (Lipinski definition) is 3. The molecule has 0 radical (unpaired) electrons. The predicted octanol–water partition coefficient (Wildman–Crippen LogP) is 2.43. The molecule has 0 saturated heterocycles. The first-order valence-electron chi connectivity index (χ1n) is 3.42. The monoisotopic (exact) mass is 165 g/mol. The minimum atomic E-state index is 0.203. The summed E-state index contributed by atoms with van der Waals surface area (Å²) >= 11 is 1.52. The number of thiophene rings is 1. The Morgan fingerprint density at radius 3 is 3.27 bits per heavy atom. The lowest BCUT2D eigenvalue weighted by molar-refractivity contribution is 0.1000. The van der Waals surface area contributed by atoms with Gasteiger partial charge in [-0.3, -0.25) is 4.79 Å². The lowest BCUT2D eigenvalue weighted by Crippen LogP contribution is -2.08. The molecule has 2 nitrogen and oxygen atoms in total. The van der Waals surface area contributed by atoms with Gasteiger partial charge >= 0.3 is 0 Å². The van der Waals surface area contributed by atoms with E-state index in [1.165, 1.54) is 11.3 Å². The van der Waals surface area contributed by atoms with E-state index in [-0.39, 0.29) is 5.78 Å². The molecule has 0 N–H and O–H groups in total. The van der Waals surface area contributed by atoms with Gasteiger partial charge in [-0.1, -0.05) is 0 Å². The van der Waals surface area contributed by atoms with Crippen LogP contribution in [0.4, 0.5) is 5.00 Å². The van der Waals surface area contributed by atoms with Crippen molar-refractivity contribution in [3.63, 3.8) is 0 Å². The van der Waals surface area contributed by atoms with Gasteiger partial charge in [0, 0.05) is 12.1 Å². The van der Waals surface area contributed by atoms with Gasteiger partial charge in [-0.25, -0.2) is 4.99 Å². The van der Waals surface area contributed by atoms with Crippen LogP contribution in [-0.4, -0.2) is 11.5 Å². The van der Waals surface area contributed by atoms with Crippen molar-refractivity contribution in [1.29, 1.82) is 0 Å². The Balaban J connectivity index is 2.60. The summed E-state index contributed by atoms with van der Waals surface area (Å²) in [6, 6.07) is 1.85. The third-order valence-electron chi connectivity index (χ3n) is 1.65. The van der Waals surface area contributed by atoms with Gasteiger partial charge in [0.2, 0.25) is 0 Å². The number of rotatable bonds is 0. The largest absolute Gasteiger partial charge is 0.294 e. The van der Waals surface area contributed by atoms with Crippen LogP contribution in [0, 0.1) is 0 Å². The second-order valence-electron chi connectivity index (χ2n) is 2.59. The fourth-order valence-corrected chi connectivity index (χ4v) is 1.99. The van der Waals surface area contributed by atoms with Crippen LogP contribution in [0.15, 0.2) is 16.4 Å². The molecule has 0 spiro atoms. The lowest BCUT2D eigenvalue weighted by atomic mass is 10.1. The third kappa shape index (κ3) is 1.01. The highest BCUT2D eigenvalue weighted by molar-refractivity contribution is 7.14. The van der Waals surface area contributed by atoms with Gasteiger partial charge in [0.25, 0.3) is 0 Å². The standard InChI is InChI=1S/C8H7NOS/c1-5-4-7(10)6-2-3-11-8(6)9-5/h2-3H,4H2,1H3. The molecule has 1 aliphatic heterocycles. The van der Waals surface area contributed by atoms with E-state index in [0.717, 1.165) is 16.3 Å². The molecular formula is C8H7NOS. The number of hydrogen-bond donors (Lipinski definition) is 0. The highest BCUT2D eigenvalue weighted by atomic mass is 32.1. The van der Waals surface area contributed by atoms with Crippen molar-refractivity contribution in [2.24, 2.45) is 4.99 Å². The molecule has 0 aromatic carbocycles. The quantitative estimate of drug-likeness (QED) is 0.580. The minimum Gasteiger partial charge on any atom is -0.294 e. The summed E-state index contributed by atoms with van der Waals surface area (Å²) in [5.41, 5.74) is 1.71. The fraction of sp³-hybridized carbons (Fsp3) is 0.250. The first-order valence-corrected chi connectivity index (χ1v) is 4.30. The van der Waals surface area contributed by atoms with E-state index in [2.05, 4.69) is 4.99 Å². The number of carbonyl (C=O) groups excluding carboxylic acids is 1. The average molecular weight is 165 g/mol. The first kappa shape index (κ1) is 6.73. The van der Waals surface area contributed by atoms with E-state index in [1.54, 1.807) is 0 Å². The molecule has 3 heteroatoms. The van der Waals surface area contributed by atoms with E-state index < -0.39 is 0 Å². The summed E-state index contributed by atoms with van der Waals surface area (Å²) in [4.78, 5) is 15.6. The molecule has 0 atom stereocenters. The van der Waals surface area contributed by atoms with E-state index in [4.69, 9.17) is 0 Å². The Bertz CT molecular complexity index is 338. The molecule has 0 fully saturated rings. The Morgan fingerprint density at radius 2 is 2.45 bits per heavy atom. The normalized spacial score (nSPS) is 16.1. The van der Waals surface area contributed by atoms with Crippen molar-refractivity contribution in [2.45, 2.75) is 13.3 Å². The zero-order chi connectivity index (χ0) is 7.84. The fourth-order valence-electron chi connectivity index (χ4n) is 1.14. The Kier molecular flexibility index (Phi) is 1.39. The average Bonchev–Trinajstić information content (AvgIpc) is 2.34. The van der Waals surface area contributed by atoms with Gasteiger partial charge in [-0.2, -0.15) is 0 Å². The second kappa shape index (κ2) is 2.27. The molecule has 1 aromatic heterocycles. The summed E-state index contributed by atoms with van der Waals surface area (Å²) in [5, 5.41) is 2.78. The maximum Gasteiger partial charge on any atom is 0.171 e. The van der Waals surface area contributed by atoms with Crippen LogP contribution < -0.4 is 0 Å². The zero-order valence-corrected chi connectivity index (χ0v) is 6.94. The summed E-state index contributed by atoms with van der Waals surface area (Å²) < 4.78 is 0.